The van der Waals surface area contributed by atoms with Crippen LogP contribution in [0, 0.1) is 58.2 Å². The minimum absolute atomic E-state index is 0.0975. The van der Waals surface area contributed by atoms with Crippen LogP contribution in [0.5, 0.6) is 0 Å². The summed E-state index contributed by atoms with van der Waals surface area (Å²) in [4.78, 5) is 0. The molecule has 1 N–H and O–H groups in total. The van der Waals surface area contributed by atoms with E-state index in [1.54, 1.807) is 0 Å². The highest BCUT2D eigenvalue weighted by Crippen LogP contribution is 2.69. The smallest absolute Gasteiger partial charge is 0.0605 e. The number of aliphatic hydroxyl groups excluding tert-OH is 1. The summed E-state index contributed by atoms with van der Waals surface area (Å²) >= 11 is 0. The van der Waals surface area contributed by atoms with Crippen molar-refractivity contribution in [1.82, 2.24) is 0 Å². The lowest BCUT2D eigenvalue weighted by Gasteiger charge is -2.65. The van der Waals surface area contributed by atoms with E-state index >= 15 is 0 Å². The highest BCUT2D eigenvalue weighted by molar-refractivity contribution is 5.79. The van der Waals surface area contributed by atoms with E-state index in [-0.39, 0.29) is 6.10 Å². The topological polar surface area (TPSA) is 20.2 Å². The van der Waals surface area contributed by atoms with Crippen LogP contribution < -0.4 is 0 Å². The molecule has 0 saturated heterocycles. The molecule has 0 aromatic heterocycles. The molecule has 2 unspecified atom stereocenters. The van der Waals surface area contributed by atoms with Crippen molar-refractivity contribution in [3.63, 3.8) is 0 Å². The van der Waals surface area contributed by atoms with Gasteiger partial charge in [0.05, 0.1) is 6.10 Å². The summed E-state index contributed by atoms with van der Waals surface area (Å²) in [7, 11) is 0. The van der Waals surface area contributed by atoms with Gasteiger partial charge in [-0.15, -0.1) is 0 Å². The maximum absolute atomic E-state index is 12.1. The first-order valence-electron chi connectivity index (χ1n) is 16.8. The third kappa shape index (κ3) is 4.63. The van der Waals surface area contributed by atoms with Gasteiger partial charge in [0, 0.05) is 0 Å². The fourth-order valence-electron chi connectivity index (χ4n) is 11.3. The Balaban J connectivity index is 1.26. The molecule has 4 saturated carbocycles. The highest BCUT2D eigenvalue weighted by atomic mass is 16.3. The van der Waals surface area contributed by atoms with Gasteiger partial charge in [0.25, 0.3) is 0 Å². The number of benzene rings is 2. The normalized spacial score (nSPS) is 41.4. The van der Waals surface area contributed by atoms with Gasteiger partial charge in [0.1, 0.15) is 0 Å². The second kappa shape index (κ2) is 11.1. The molecule has 11 atom stereocenters. The van der Waals surface area contributed by atoms with Gasteiger partial charge < -0.3 is 5.11 Å². The van der Waals surface area contributed by atoms with Crippen LogP contribution in [0.15, 0.2) is 66.7 Å². The van der Waals surface area contributed by atoms with Gasteiger partial charge in [-0.05, 0) is 120 Å². The summed E-state index contributed by atoms with van der Waals surface area (Å²) in [6.45, 7) is 12.7. The van der Waals surface area contributed by atoms with Crippen molar-refractivity contribution >= 4 is 5.57 Å². The predicted octanol–water partition coefficient (Wildman–Crippen LogP) is 10.0. The van der Waals surface area contributed by atoms with Crippen molar-refractivity contribution in [2.24, 2.45) is 58.2 Å². The second-order valence-electron chi connectivity index (χ2n) is 15.1. The molecule has 2 aromatic carbocycles. The maximum Gasteiger partial charge on any atom is 0.0605 e. The Bertz CT molecular complexity index is 1130. The van der Waals surface area contributed by atoms with Gasteiger partial charge in [-0.2, -0.15) is 0 Å². The Hall–Kier alpha value is -1.86. The Labute approximate surface area is 244 Å². The van der Waals surface area contributed by atoms with Gasteiger partial charge in [0.15, 0.2) is 0 Å². The SMILES string of the molecule is CC[C@H]1[C@@H](O)[C@H]2C3CC[C@H]([C@H](C)CC=C(c4ccccc4)c4ccccc4)[C@@]3(C)CCC2[C@@]2(C)CC[C@@H](C)C[C@@H]12. The van der Waals surface area contributed by atoms with Crippen LogP contribution in [0.1, 0.15) is 104 Å². The molecule has 4 aliphatic rings. The fourth-order valence-corrected chi connectivity index (χ4v) is 11.3. The van der Waals surface area contributed by atoms with Gasteiger partial charge in [-0.3, -0.25) is 0 Å². The molecule has 0 spiro atoms. The summed E-state index contributed by atoms with van der Waals surface area (Å²) in [5.74, 6) is 5.35. The second-order valence-corrected chi connectivity index (χ2v) is 15.1. The number of allylic oxidation sites excluding steroid dienone is 1. The van der Waals surface area contributed by atoms with Crippen LogP contribution in [0.3, 0.4) is 0 Å². The molecule has 0 bridgehead atoms. The highest BCUT2D eigenvalue weighted by Gasteiger charge is 2.64. The Morgan fingerprint density at radius 2 is 1.45 bits per heavy atom. The molecule has 4 fully saturated rings. The lowest BCUT2D eigenvalue weighted by atomic mass is 9.41. The van der Waals surface area contributed by atoms with E-state index in [9.17, 15) is 5.11 Å². The largest absolute Gasteiger partial charge is 0.393 e. The van der Waals surface area contributed by atoms with Crippen LogP contribution in [0.25, 0.3) is 5.57 Å². The number of fused-ring (bicyclic) bond motifs is 5. The molecule has 0 amide bonds. The predicted molar refractivity (Wildman–Crippen MR) is 169 cm³/mol. The zero-order valence-corrected chi connectivity index (χ0v) is 25.9. The monoisotopic (exact) mass is 538 g/mol. The van der Waals surface area contributed by atoms with Crippen molar-refractivity contribution in [1.29, 1.82) is 0 Å². The molecule has 216 valence electrons. The maximum atomic E-state index is 12.1. The zero-order valence-electron chi connectivity index (χ0n) is 25.9. The lowest BCUT2D eigenvalue weighted by molar-refractivity contribution is -0.198. The molecule has 40 heavy (non-hydrogen) atoms. The van der Waals surface area contributed by atoms with Gasteiger partial charge >= 0.3 is 0 Å². The minimum Gasteiger partial charge on any atom is -0.393 e. The molecule has 1 nitrogen and oxygen atoms in total. The first kappa shape index (κ1) is 28.3. The van der Waals surface area contributed by atoms with Gasteiger partial charge in [-0.25, -0.2) is 0 Å². The summed E-state index contributed by atoms with van der Waals surface area (Å²) in [6, 6.07) is 21.9. The fraction of sp³-hybridized carbons (Fsp3) is 0.641. The van der Waals surface area contributed by atoms with Crippen molar-refractivity contribution < 1.29 is 5.11 Å². The molecule has 0 radical (unpaired) electrons. The standard InChI is InChI=1S/C39H54O/c1-6-30-35-25-26(2)21-23-39(35,5)34-22-24-38(4)32(19-20-33(38)36(34)37(30)40)27(3)17-18-31(28-13-9-7-10-14-28)29-15-11-8-12-16-29/h7-16,18,26-27,30,32-37,40H,6,17,19-25H2,1-5H3/t26-,27-,30-,32-,33?,34?,35+,36+,37-,38-,39-/m1/s1. The summed E-state index contributed by atoms with van der Waals surface area (Å²) in [5.41, 5.74) is 4.80. The van der Waals surface area contributed by atoms with Crippen molar-refractivity contribution in [2.45, 2.75) is 98.5 Å². The first-order chi connectivity index (χ1) is 19.3. The van der Waals surface area contributed by atoms with Crippen LogP contribution in [0.2, 0.25) is 0 Å². The molecule has 4 aliphatic carbocycles. The van der Waals surface area contributed by atoms with Crippen molar-refractivity contribution in [2.75, 3.05) is 0 Å². The van der Waals surface area contributed by atoms with Crippen LogP contribution in [-0.4, -0.2) is 11.2 Å². The van der Waals surface area contributed by atoms with Crippen LogP contribution in [-0.2, 0) is 0 Å². The number of hydrogen-bond donors (Lipinski definition) is 1. The van der Waals surface area contributed by atoms with E-state index in [1.807, 2.05) is 0 Å². The average molecular weight is 539 g/mol. The average Bonchev–Trinajstić information content (AvgIpc) is 3.32. The van der Waals surface area contributed by atoms with E-state index in [1.165, 1.54) is 61.6 Å². The molecule has 6 rings (SSSR count). The van der Waals surface area contributed by atoms with Crippen LogP contribution in [0.4, 0.5) is 0 Å². The molecule has 0 heterocycles. The Morgan fingerprint density at radius 3 is 2.08 bits per heavy atom. The third-order valence-electron chi connectivity index (χ3n) is 13.3. The minimum atomic E-state index is -0.0975. The van der Waals surface area contributed by atoms with E-state index in [0.717, 1.165) is 36.5 Å². The summed E-state index contributed by atoms with van der Waals surface area (Å²) in [5, 5.41) is 12.1. The van der Waals surface area contributed by atoms with E-state index in [2.05, 4.69) is 101 Å². The van der Waals surface area contributed by atoms with E-state index in [0.29, 0.717) is 34.5 Å². The molecule has 1 heteroatoms. The Kier molecular flexibility index (Phi) is 7.84. The van der Waals surface area contributed by atoms with Gasteiger partial charge in [0.2, 0.25) is 0 Å². The van der Waals surface area contributed by atoms with E-state index in [4.69, 9.17) is 0 Å². The zero-order chi connectivity index (χ0) is 28.1. The summed E-state index contributed by atoms with van der Waals surface area (Å²) in [6.07, 6.45) is 14.2. The Morgan fingerprint density at radius 1 is 0.850 bits per heavy atom. The van der Waals surface area contributed by atoms with Crippen LogP contribution >= 0.6 is 0 Å². The quantitative estimate of drug-likeness (QED) is 0.388. The van der Waals surface area contributed by atoms with Crippen molar-refractivity contribution in [3.8, 4) is 0 Å². The summed E-state index contributed by atoms with van der Waals surface area (Å²) < 4.78 is 0. The van der Waals surface area contributed by atoms with E-state index < -0.39 is 0 Å². The molecular weight excluding hydrogens is 484 g/mol. The number of aliphatic hydroxyl groups is 1. The molecular formula is C39H54O. The molecule has 2 aromatic rings. The van der Waals surface area contributed by atoms with Gasteiger partial charge in [-0.1, -0.05) is 114 Å². The number of rotatable bonds is 6. The van der Waals surface area contributed by atoms with Crippen molar-refractivity contribution in [3.05, 3.63) is 77.9 Å². The lowest BCUT2D eigenvalue weighted by Crippen LogP contribution is -2.61. The third-order valence-corrected chi connectivity index (χ3v) is 13.3. The number of hydrogen-bond acceptors (Lipinski definition) is 1. The first-order valence-corrected chi connectivity index (χ1v) is 16.8. The molecule has 0 aliphatic heterocycles.